The Balaban J connectivity index is 1.72. The molecule has 0 spiro atoms. The van der Waals surface area contributed by atoms with E-state index in [2.05, 4.69) is 18.7 Å². The van der Waals surface area contributed by atoms with Crippen LogP contribution in [0.2, 0.25) is 0 Å². The van der Waals surface area contributed by atoms with E-state index < -0.39 is 0 Å². The van der Waals surface area contributed by atoms with E-state index in [1.165, 1.54) is 0 Å². The van der Waals surface area contributed by atoms with E-state index in [4.69, 9.17) is 0 Å². The van der Waals surface area contributed by atoms with Crippen LogP contribution in [0.1, 0.15) is 19.8 Å². The summed E-state index contributed by atoms with van der Waals surface area (Å²) in [6.45, 7) is 5.45. The summed E-state index contributed by atoms with van der Waals surface area (Å²) < 4.78 is 0. The van der Waals surface area contributed by atoms with Crippen LogP contribution in [-0.4, -0.2) is 22.4 Å². The largest absolute Gasteiger partial charge is 0.393 e. The average Bonchev–Trinajstić information content (AvgIpc) is 3.06. The molecule has 0 aliphatic heterocycles. The van der Waals surface area contributed by atoms with E-state index in [0.29, 0.717) is 23.7 Å². The first-order chi connectivity index (χ1) is 7.13. The van der Waals surface area contributed by atoms with Crippen molar-refractivity contribution in [1.29, 1.82) is 0 Å². The lowest BCUT2D eigenvalue weighted by atomic mass is 10.1. The monoisotopic (exact) mass is 208 g/mol. The Morgan fingerprint density at radius 1 is 1.13 bits per heavy atom. The second-order valence-electron chi connectivity index (χ2n) is 4.98. The predicted octanol–water partition coefficient (Wildman–Crippen LogP) is 1.74. The molecular formula is C13H20O2. The molecule has 84 valence electrons. The normalized spacial score (nSPS) is 42.6. The van der Waals surface area contributed by atoms with E-state index in [0.717, 1.165) is 12.8 Å². The van der Waals surface area contributed by atoms with Gasteiger partial charge < -0.3 is 10.2 Å². The first-order valence-electron chi connectivity index (χ1n) is 5.80. The number of hydrogen-bond acceptors (Lipinski definition) is 2. The fourth-order valence-corrected chi connectivity index (χ4v) is 2.32. The molecule has 2 saturated carbocycles. The lowest BCUT2D eigenvalue weighted by molar-refractivity contribution is 0.167. The standard InChI is InChI=1S/C13H20O2/c1-3-13(15)12-7-10(12)5-4-9-6-11(9)8(2)14/h3-5,8-15H,1,6-7H2,2H3/b5-4+/t8-,9-,10-,11+,12-,13-/m1/s1. The summed E-state index contributed by atoms with van der Waals surface area (Å²) in [5.41, 5.74) is 0. The van der Waals surface area contributed by atoms with E-state index in [1.54, 1.807) is 6.08 Å². The van der Waals surface area contributed by atoms with Crippen LogP contribution in [0.15, 0.2) is 24.8 Å². The number of rotatable bonds is 5. The zero-order valence-electron chi connectivity index (χ0n) is 9.21. The summed E-state index contributed by atoms with van der Waals surface area (Å²) in [4.78, 5) is 0. The summed E-state index contributed by atoms with van der Waals surface area (Å²) >= 11 is 0. The Labute approximate surface area is 91.3 Å². The van der Waals surface area contributed by atoms with Crippen LogP contribution in [0.3, 0.4) is 0 Å². The Morgan fingerprint density at radius 3 is 2.13 bits per heavy atom. The zero-order valence-corrected chi connectivity index (χ0v) is 9.21. The maximum atomic E-state index is 9.50. The van der Waals surface area contributed by atoms with Gasteiger partial charge in [-0.15, -0.1) is 6.58 Å². The molecular weight excluding hydrogens is 188 g/mol. The van der Waals surface area contributed by atoms with E-state index in [1.807, 2.05) is 6.92 Å². The third-order valence-corrected chi connectivity index (χ3v) is 3.69. The molecule has 0 bridgehead atoms. The third-order valence-electron chi connectivity index (χ3n) is 3.69. The van der Waals surface area contributed by atoms with Crippen molar-refractivity contribution in [3.8, 4) is 0 Å². The molecule has 0 heterocycles. The van der Waals surface area contributed by atoms with Crippen LogP contribution in [-0.2, 0) is 0 Å². The molecule has 0 aromatic carbocycles. The van der Waals surface area contributed by atoms with Gasteiger partial charge in [-0.05, 0) is 43.4 Å². The fraction of sp³-hybridized carbons (Fsp3) is 0.692. The molecule has 6 atom stereocenters. The minimum atomic E-state index is -0.341. The van der Waals surface area contributed by atoms with Gasteiger partial charge in [0.15, 0.2) is 0 Å². The van der Waals surface area contributed by atoms with Crippen molar-refractivity contribution in [1.82, 2.24) is 0 Å². The highest BCUT2D eigenvalue weighted by atomic mass is 16.3. The summed E-state index contributed by atoms with van der Waals surface area (Å²) in [7, 11) is 0. The minimum absolute atomic E-state index is 0.173. The molecule has 2 heteroatoms. The molecule has 2 fully saturated rings. The predicted molar refractivity (Wildman–Crippen MR) is 60.2 cm³/mol. The van der Waals surface area contributed by atoms with E-state index >= 15 is 0 Å². The first kappa shape index (κ1) is 10.9. The van der Waals surface area contributed by atoms with Gasteiger partial charge in [0.1, 0.15) is 0 Å². The van der Waals surface area contributed by atoms with Crippen LogP contribution in [0, 0.1) is 23.7 Å². The topological polar surface area (TPSA) is 40.5 Å². The Kier molecular flexibility index (Phi) is 2.98. The van der Waals surface area contributed by atoms with Gasteiger partial charge in [0.2, 0.25) is 0 Å². The molecule has 0 saturated heterocycles. The van der Waals surface area contributed by atoms with Gasteiger partial charge in [-0.1, -0.05) is 18.2 Å². The maximum absolute atomic E-state index is 9.50. The smallest absolute Gasteiger partial charge is 0.0752 e. The Morgan fingerprint density at radius 2 is 1.67 bits per heavy atom. The fourth-order valence-electron chi connectivity index (χ4n) is 2.32. The van der Waals surface area contributed by atoms with Gasteiger partial charge in [-0.2, -0.15) is 0 Å². The van der Waals surface area contributed by atoms with Crippen LogP contribution in [0.25, 0.3) is 0 Å². The van der Waals surface area contributed by atoms with Gasteiger partial charge in [0.05, 0.1) is 12.2 Å². The lowest BCUT2D eigenvalue weighted by Crippen LogP contribution is -2.05. The van der Waals surface area contributed by atoms with Gasteiger partial charge >= 0.3 is 0 Å². The zero-order chi connectivity index (χ0) is 11.0. The molecule has 2 nitrogen and oxygen atoms in total. The average molecular weight is 208 g/mol. The van der Waals surface area contributed by atoms with Crippen molar-refractivity contribution in [2.75, 3.05) is 0 Å². The van der Waals surface area contributed by atoms with E-state index in [9.17, 15) is 10.2 Å². The highest BCUT2D eigenvalue weighted by Crippen LogP contribution is 2.46. The van der Waals surface area contributed by atoms with Gasteiger partial charge in [-0.3, -0.25) is 0 Å². The number of aliphatic hydroxyl groups is 2. The van der Waals surface area contributed by atoms with E-state index in [-0.39, 0.29) is 12.2 Å². The highest BCUT2D eigenvalue weighted by molar-refractivity contribution is 5.12. The van der Waals surface area contributed by atoms with Crippen molar-refractivity contribution in [2.45, 2.75) is 32.0 Å². The second-order valence-corrected chi connectivity index (χ2v) is 4.98. The number of hydrogen-bond donors (Lipinski definition) is 2. The summed E-state index contributed by atoms with van der Waals surface area (Å²) in [5, 5.41) is 18.8. The molecule has 2 aliphatic rings. The Hall–Kier alpha value is -0.600. The number of aliphatic hydroxyl groups excluding tert-OH is 2. The van der Waals surface area contributed by atoms with Crippen molar-refractivity contribution in [2.24, 2.45) is 23.7 Å². The van der Waals surface area contributed by atoms with Crippen LogP contribution >= 0.6 is 0 Å². The summed E-state index contributed by atoms with van der Waals surface area (Å²) in [5.74, 6) is 1.98. The van der Waals surface area contributed by atoms with Gasteiger partial charge in [0.25, 0.3) is 0 Å². The van der Waals surface area contributed by atoms with Crippen LogP contribution < -0.4 is 0 Å². The molecule has 0 radical (unpaired) electrons. The molecule has 2 N–H and O–H groups in total. The third kappa shape index (κ3) is 2.50. The summed E-state index contributed by atoms with van der Waals surface area (Å²) in [6.07, 6.45) is 7.74. The molecule has 15 heavy (non-hydrogen) atoms. The van der Waals surface area contributed by atoms with Crippen LogP contribution in [0.5, 0.6) is 0 Å². The van der Waals surface area contributed by atoms with Crippen molar-refractivity contribution in [3.63, 3.8) is 0 Å². The minimum Gasteiger partial charge on any atom is -0.393 e. The van der Waals surface area contributed by atoms with Gasteiger partial charge in [-0.25, -0.2) is 0 Å². The maximum Gasteiger partial charge on any atom is 0.0752 e. The van der Waals surface area contributed by atoms with Crippen molar-refractivity contribution >= 4 is 0 Å². The lowest BCUT2D eigenvalue weighted by Gasteiger charge is -2.00. The van der Waals surface area contributed by atoms with Gasteiger partial charge in [0, 0.05) is 0 Å². The molecule has 0 unspecified atom stereocenters. The molecule has 2 aliphatic carbocycles. The van der Waals surface area contributed by atoms with Crippen LogP contribution in [0.4, 0.5) is 0 Å². The highest BCUT2D eigenvalue weighted by Gasteiger charge is 2.42. The molecule has 0 amide bonds. The number of allylic oxidation sites excluding steroid dienone is 2. The molecule has 2 rings (SSSR count). The molecule has 0 aromatic rings. The second kappa shape index (κ2) is 4.11. The first-order valence-corrected chi connectivity index (χ1v) is 5.80. The molecule has 0 aromatic heterocycles. The van der Waals surface area contributed by atoms with Crippen molar-refractivity contribution in [3.05, 3.63) is 24.8 Å². The Bertz CT molecular complexity index is 270. The van der Waals surface area contributed by atoms with Crippen molar-refractivity contribution < 1.29 is 10.2 Å². The SMILES string of the molecule is C=C[C@@H](O)[C@@H]1C[C@H]1/C=C/[C@@H]1C[C@H]1[C@@H](C)O. The quantitative estimate of drug-likeness (QED) is 0.676. The summed E-state index contributed by atoms with van der Waals surface area (Å²) in [6, 6.07) is 0.